The van der Waals surface area contributed by atoms with Gasteiger partial charge >= 0.3 is 0 Å². The monoisotopic (exact) mass is 312 g/mol. The highest BCUT2D eigenvalue weighted by atomic mass is 35.5. The number of hydrogen-bond acceptors (Lipinski definition) is 3. The Bertz CT molecular complexity index is 554. The van der Waals surface area contributed by atoms with Gasteiger partial charge in [0.1, 0.15) is 11.6 Å². The maximum absolute atomic E-state index is 11.7. The molecule has 1 rings (SSSR count). The number of carbonyl (C=O) groups is 1. The molecule has 6 heteroatoms. The van der Waals surface area contributed by atoms with E-state index in [1.165, 1.54) is 12.3 Å². The predicted octanol–water partition coefficient (Wildman–Crippen LogP) is 3.61. The van der Waals surface area contributed by atoms with Crippen molar-refractivity contribution in [2.45, 2.75) is 6.92 Å². The van der Waals surface area contributed by atoms with E-state index in [9.17, 15) is 4.79 Å². The maximum atomic E-state index is 11.7. The molecule has 106 valence electrons. The standard InChI is InChI=1S/C14H14Cl2N2O2/c1-3-7-17-13(4-2)18-14(19)9-20-12-6-5-10(15)8-11(12)16/h3-8H,1,9H2,2H3,(H,18,19)/b13-4+,17-7-. The Kier molecular flexibility index (Phi) is 6.84. The summed E-state index contributed by atoms with van der Waals surface area (Å²) in [5, 5.41) is 3.43. The van der Waals surface area contributed by atoms with E-state index in [4.69, 9.17) is 27.9 Å². The molecule has 0 fully saturated rings. The van der Waals surface area contributed by atoms with Crippen LogP contribution in [0.1, 0.15) is 6.92 Å². The van der Waals surface area contributed by atoms with Crippen LogP contribution in [0.3, 0.4) is 0 Å². The van der Waals surface area contributed by atoms with Gasteiger partial charge in [0, 0.05) is 11.2 Å². The zero-order chi connectivity index (χ0) is 15.0. The summed E-state index contributed by atoms with van der Waals surface area (Å²) in [6.45, 7) is 5.08. The number of aliphatic imine (C=N–C) groups is 1. The second kappa shape index (κ2) is 8.40. The lowest BCUT2D eigenvalue weighted by atomic mass is 10.3. The number of carbonyl (C=O) groups excluding carboxylic acids is 1. The van der Waals surface area contributed by atoms with Gasteiger partial charge in [-0.2, -0.15) is 0 Å². The Morgan fingerprint density at radius 3 is 2.85 bits per heavy atom. The van der Waals surface area contributed by atoms with Crippen LogP contribution in [0.5, 0.6) is 5.75 Å². The number of hydrogen-bond donors (Lipinski definition) is 1. The van der Waals surface area contributed by atoms with Crippen molar-refractivity contribution in [2.75, 3.05) is 6.61 Å². The first-order chi connectivity index (χ1) is 9.56. The molecule has 0 saturated carbocycles. The second-order valence-electron chi connectivity index (χ2n) is 3.60. The average Bonchev–Trinajstić information content (AvgIpc) is 2.42. The molecule has 4 nitrogen and oxygen atoms in total. The first kappa shape index (κ1) is 16.3. The Morgan fingerprint density at radius 2 is 2.25 bits per heavy atom. The minimum Gasteiger partial charge on any atom is -0.482 e. The van der Waals surface area contributed by atoms with Gasteiger partial charge in [0.25, 0.3) is 5.91 Å². The molecule has 0 spiro atoms. The van der Waals surface area contributed by atoms with Crippen LogP contribution in [0.4, 0.5) is 0 Å². The third kappa shape index (κ3) is 5.47. The molecule has 0 aliphatic rings. The Balaban J connectivity index is 2.55. The van der Waals surface area contributed by atoms with Crippen molar-refractivity contribution >= 4 is 35.3 Å². The van der Waals surface area contributed by atoms with Crippen molar-refractivity contribution in [1.29, 1.82) is 0 Å². The summed E-state index contributed by atoms with van der Waals surface area (Å²) in [6.07, 6.45) is 4.65. The van der Waals surface area contributed by atoms with Crippen LogP contribution in [0.2, 0.25) is 10.0 Å². The molecule has 1 N–H and O–H groups in total. The fourth-order valence-electron chi connectivity index (χ4n) is 1.23. The largest absolute Gasteiger partial charge is 0.482 e. The number of amides is 1. The maximum Gasteiger partial charge on any atom is 0.263 e. The van der Waals surface area contributed by atoms with E-state index in [1.54, 1.807) is 31.2 Å². The Hall–Kier alpha value is -1.78. The van der Waals surface area contributed by atoms with E-state index in [2.05, 4.69) is 16.9 Å². The summed E-state index contributed by atoms with van der Waals surface area (Å²) in [5.41, 5.74) is 0. The summed E-state index contributed by atoms with van der Waals surface area (Å²) in [7, 11) is 0. The molecule has 20 heavy (non-hydrogen) atoms. The average molecular weight is 313 g/mol. The van der Waals surface area contributed by atoms with E-state index in [0.717, 1.165) is 0 Å². The third-order valence-electron chi connectivity index (χ3n) is 2.11. The van der Waals surface area contributed by atoms with Gasteiger partial charge in [-0.1, -0.05) is 35.9 Å². The zero-order valence-electron chi connectivity index (χ0n) is 10.9. The van der Waals surface area contributed by atoms with Gasteiger partial charge < -0.3 is 10.1 Å². The lowest BCUT2D eigenvalue weighted by Crippen LogP contribution is -2.27. The minimum absolute atomic E-state index is 0.178. The number of allylic oxidation sites excluding steroid dienone is 2. The van der Waals surface area contributed by atoms with Crippen molar-refractivity contribution in [3.8, 4) is 5.75 Å². The van der Waals surface area contributed by atoms with Crippen LogP contribution < -0.4 is 10.1 Å². The molecule has 0 aliphatic carbocycles. The van der Waals surface area contributed by atoms with Gasteiger partial charge in [0.05, 0.1) is 5.02 Å². The molecular weight excluding hydrogens is 299 g/mol. The summed E-state index contributed by atoms with van der Waals surface area (Å²) in [4.78, 5) is 15.7. The smallest absolute Gasteiger partial charge is 0.263 e. The molecule has 0 radical (unpaired) electrons. The van der Waals surface area contributed by atoms with Crippen LogP contribution >= 0.6 is 23.2 Å². The topological polar surface area (TPSA) is 50.7 Å². The molecule has 0 unspecified atom stereocenters. The highest BCUT2D eigenvalue weighted by molar-refractivity contribution is 6.35. The Morgan fingerprint density at radius 1 is 1.50 bits per heavy atom. The van der Waals surface area contributed by atoms with Crippen molar-refractivity contribution in [3.05, 3.63) is 52.8 Å². The highest BCUT2D eigenvalue weighted by Gasteiger charge is 2.07. The molecular formula is C14H14Cl2N2O2. The fourth-order valence-corrected chi connectivity index (χ4v) is 1.69. The molecule has 0 aliphatic heterocycles. The summed E-state index contributed by atoms with van der Waals surface area (Å²) in [5.74, 6) is 0.467. The lowest BCUT2D eigenvalue weighted by Gasteiger charge is -2.08. The zero-order valence-corrected chi connectivity index (χ0v) is 12.4. The van der Waals surface area contributed by atoms with E-state index in [-0.39, 0.29) is 12.5 Å². The van der Waals surface area contributed by atoms with Crippen molar-refractivity contribution < 1.29 is 9.53 Å². The van der Waals surface area contributed by atoms with Crippen LogP contribution in [0, 0.1) is 0 Å². The number of rotatable bonds is 6. The van der Waals surface area contributed by atoms with Crippen LogP contribution in [0.25, 0.3) is 0 Å². The lowest BCUT2D eigenvalue weighted by molar-refractivity contribution is -0.122. The molecule has 0 bridgehead atoms. The van der Waals surface area contributed by atoms with Crippen molar-refractivity contribution in [2.24, 2.45) is 4.99 Å². The molecule has 0 atom stereocenters. The van der Waals surface area contributed by atoms with Crippen molar-refractivity contribution in [1.82, 2.24) is 5.32 Å². The SMILES string of the molecule is C=C/C=N\C(=C/C)NC(=O)COc1ccc(Cl)cc1Cl. The van der Waals surface area contributed by atoms with E-state index < -0.39 is 0 Å². The van der Waals surface area contributed by atoms with Crippen LogP contribution in [-0.4, -0.2) is 18.7 Å². The summed E-state index contributed by atoms with van der Waals surface area (Å²) >= 11 is 11.7. The molecule has 1 aromatic rings. The fraction of sp³-hybridized carbons (Fsp3) is 0.143. The minimum atomic E-state index is -0.342. The quantitative estimate of drug-likeness (QED) is 0.816. The van der Waals surface area contributed by atoms with Gasteiger partial charge in [-0.25, -0.2) is 4.99 Å². The van der Waals surface area contributed by atoms with Crippen LogP contribution in [-0.2, 0) is 4.79 Å². The van der Waals surface area contributed by atoms with Crippen molar-refractivity contribution in [3.63, 3.8) is 0 Å². The number of ether oxygens (including phenoxy) is 1. The van der Waals surface area contributed by atoms with E-state index in [1.807, 2.05) is 0 Å². The van der Waals surface area contributed by atoms with Gasteiger partial charge in [-0.3, -0.25) is 4.79 Å². The summed E-state index contributed by atoms with van der Waals surface area (Å²) < 4.78 is 5.30. The molecule has 0 saturated heterocycles. The second-order valence-corrected chi connectivity index (χ2v) is 4.44. The predicted molar refractivity (Wildman–Crippen MR) is 82.5 cm³/mol. The van der Waals surface area contributed by atoms with Gasteiger partial charge in [0.15, 0.2) is 6.61 Å². The Labute approximate surface area is 127 Å². The van der Waals surface area contributed by atoms with Crippen LogP contribution in [0.15, 0.2) is 47.7 Å². The van der Waals surface area contributed by atoms with E-state index in [0.29, 0.717) is 21.6 Å². The third-order valence-corrected chi connectivity index (χ3v) is 2.64. The number of nitrogens with zero attached hydrogens (tertiary/aromatic N) is 1. The highest BCUT2D eigenvalue weighted by Crippen LogP contribution is 2.27. The number of halogens is 2. The molecule has 0 heterocycles. The van der Waals surface area contributed by atoms with E-state index >= 15 is 0 Å². The van der Waals surface area contributed by atoms with Gasteiger partial charge in [-0.05, 0) is 31.2 Å². The normalized spacial score (nSPS) is 11.4. The molecule has 1 amide bonds. The number of nitrogens with one attached hydrogen (secondary N) is 1. The first-order valence-corrected chi connectivity index (χ1v) is 6.51. The molecule has 0 aromatic heterocycles. The first-order valence-electron chi connectivity index (χ1n) is 5.76. The molecule has 1 aromatic carbocycles. The van der Waals surface area contributed by atoms with Gasteiger partial charge in [0.2, 0.25) is 0 Å². The van der Waals surface area contributed by atoms with Gasteiger partial charge in [-0.15, -0.1) is 0 Å². The number of benzene rings is 1. The summed E-state index contributed by atoms with van der Waals surface area (Å²) in [6, 6.07) is 4.78.